The van der Waals surface area contributed by atoms with Gasteiger partial charge >= 0.3 is 0 Å². The largest absolute Gasteiger partial charge is 0.494 e. The molecule has 1 aliphatic rings. The maximum atomic E-state index is 12.4. The third-order valence-electron chi connectivity index (χ3n) is 4.26. The molecule has 0 bridgehead atoms. The Labute approximate surface area is 158 Å². The Morgan fingerprint density at radius 2 is 2.00 bits per heavy atom. The normalized spacial score (nSPS) is 15.7. The van der Waals surface area contributed by atoms with E-state index in [9.17, 15) is 13.2 Å². The number of benzene rings is 2. The Kier molecular flexibility index (Phi) is 5.38. The summed E-state index contributed by atoms with van der Waals surface area (Å²) in [7, 11) is -3.79. The molecule has 0 spiro atoms. The molecule has 0 aliphatic carbocycles. The lowest BCUT2D eigenvalue weighted by Gasteiger charge is -2.13. The van der Waals surface area contributed by atoms with E-state index in [2.05, 4.69) is 5.32 Å². The molecule has 3 rings (SSSR count). The standard InChI is InChI=1S/C19H22N2O5S/c1-3-25-17-9-14-8-12(2)26-18(14)10-15(17)11-21-19(22)13-4-6-16(7-5-13)27(20,23)24/h4-7,9-10,12H,3,8,11H2,1-2H3,(H,21,22)(H2,20,23,24)/t12-/m0/s1. The minimum atomic E-state index is -3.79. The van der Waals surface area contributed by atoms with Gasteiger partial charge in [0, 0.05) is 29.7 Å². The number of sulfonamides is 1. The van der Waals surface area contributed by atoms with Gasteiger partial charge in [0.2, 0.25) is 10.0 Å². The van der Waals surface area contributed by atoms with Crippen molar-refractivity contribution in [3.8, 4) is 11.5 Å². The molecule has 0 saturated heterocycles. The molecule has 0 radical (unpaired) electrons. The molecule has 2 aromatic rings. The zero-order valence-electron chi connectivity index (χ0n) is 15.2. The number of rotatable bonds is 6. The topological polar surface area (TPSA) is 108 Å². The summed E-state index contributed by atoms with van der Waals surface area (Å²) in [6.07, 6.45) is 0.954. The summed E-state index contributed by atoms with van der Waals surface area (Å²) in [6.45, 7) is 4.69. The van der Waals surface area contributed by atoms with Crippen molar-refractivity contribution in [3.05, 3.63) is 53.1 Å². The van der Waals surface area contributed by atoms with Gasteiger partial charge in [-0.05, 0) is 50.2 Å². The van der Waals surface area contributed by atoms with E-state index in [-0.39, 0.29) is 23.5 Å². The summed E-state index contributed by atoms with van der Waals surface area (Å²) in [5.41, 5.74) is 2.25. The lowest BCUT2D eigenvalue weighted by Crippen LogP contribution is -2.23. The second kappa shape index (κ2) is 7.58. The van der Waals surface area contributed by atoms with Gasteiger partial charge in [-0.25, -0.2) is 13.6 Å². The molecule has 0 aromatic heterocycles. The van der Waals surface area contributed by atoms with Gasteiger partial charge in [0.1, 0.15) is 17.6 Å². The van der Waals surface area contributed by atoms with Crippen molar-refractivity contribution < 1.29 is 22.7 Å². The van der Waals surface area contributed by atoms with Gasteiger partial charge in [0.25, 0.3) is 5.91 Å². The average molecular weight is 390 g/mol. The molecule has 1 aliphatic heterocycles. The van der Waals surface area contributed by atoms with Gasteiger partial charge in [-0.1, -0.05) is 0 Å². The third-order valence-corrected chi connectivity index (χ3v) is 5.19. The second-order valence-electron chi connectivity index (χ2n) is 6.39. The van der Waals surface area contributed by atoms with E-state index in [0.29, 0.717) is 12.2 Å². The van der Waals surface area contributed by atoms with E-state index in [1.807, 2.05) is 26.0 Å². The quantitative estimate of drug-likeness (QED) is 0.784. The van der Waals surface area contributed by atoms with Gasteiger partial charge in [-0.2, -0.15) is 0 Å². The Hall–Kier alpha value is -2.58. The van der Waals surface area contributed by atoms with Gasteiger partial charge in [-0.15, -0.1) is 0 Å². The summed E-state index contributed by atoms with van der Waals surface area (Å²) < 4.78 is 34.1. The first-order valence-electron chi connectivity index (χ1n) is 8.64. The summed E-state index contributed by atoms with van der Waals surface area (Å²) in [5, 5.41) is 7.88. The van der Waals surface area contributed by atoms with Crippen molar-refractivity contribution in [1.82, 2.24) is 5.32 Å². The lowest BCUT2D eigenvalue weighted by atomic mass is 10.1. The average Bonchev–Trinajstić information content (AvgIpc) is 2.98. The Morgan fingerprint density at radius 3 is 2.63 bits per heavy atom. The number of primary sulfonamides is 1. The van der Waals surface area contributed by atoms with Gasteiger partial charge in [0.15, 0.2) is 0 Å². The molecule has 2 aromatic carbocycles. The lowest BCUT2D eigenvalue weighted by molar-refractivity contribution is 0.0950. The molecule has 1 amide bonds. The van der Waals surface area contributed by atoms with Crippen molar-refractivity contribution in [2.75, 3.05) is 6.61 Å². The van der Waals surface area contributed by atoms with E-state index < -0.39 is 10.0 Å². The maximum absolute atomic E-state index is 12.4. The van der Waals surface area contributed by atoms with Crippen LogP contribution in [0.2, 0.25) is 0 Å². The van der Waals surface area contributed by atoms with Gasteiger partial charge < -0.3 is 14.8 Å². The number of nitrogens with one attached hydrogen (secondary N) is 1. The smallest absolute Gasteiger partial charge is 0.251 e. The number of carbonyl (C=O) groups excluding carboxylic acids is 1. The minimum absolute atomic E-state index is 0.0393. The zero-order chi connectivity index (χ0) is 19.6. The zero-order valence-corrected chi connectivity index (χ0v) is 16.0. The fraction of sp³-hybridized carbons (Fsp3) is 0.316. The monoisotopic (exact) mass is 390 g/mol. The number of amides is 1. The molecule has 0 saturated carbocycles. The van der Waals surface area contributed by atoms with E-state index >= 15 is 0 Å². The van der Waals surface area contributed by atoms with Crippen LogP contribution in [-0.2, 0) is 23.0 Å². The molecule has 0 unspecified atom stereocenters. The highest BCUT2D eigenvalue weighted by Gasteiger charge is 2.22. The van der Waals surface area contributed by atoms with Crippen molar-refractivity contribution in [2.24, 2.45) is 5.14 Å². The molecule has 1 heterocycles. The summed E-state index contributed by atoms with van der Waals surface area (Å²) in [6, 6.07) is 9.32. The fourth-order valence-electron chi connectivity index (χ4n) is 2.98. The molecule has 8 heteroatoms. The Morgan fingerprint density at radius 1 is 1.30 bits per heavy atom. The summed E-state index contributed by atoms with van der Waals surface area (Å²) in [5.74, 6) is 1.21. The van der Waals surface area contributed by atoms with Crippen molar-refractivity contribution in [1.29, 1.82) is 0 Å². The predicted molar refractivity (Wildman–Crippen MR) is 100 cm³/mol. The number of hydrogen-bond acceptors (Lipinski definition) is 5. The van der Waals surface area contributed by atoms with Gasteiger partial charge in [-0.3, -0.25) is 4.79 Å². The minimum Gasteiger partial charge on any atom is -0.494 e. The molecular weight excluding hydrogens is 368 g/mol. The fourth-order valence-corrected chi connectivity index (χ4v) is 3.50. The molecule has 1 atom stereocenters. The van der Waals surface area contributed by atoms with E-state index in [1.165, 1.54) is 24.3 Å². The van der Waals surface area contributed by atoms with Crippen LogP contribution < -0.4 is 19.9 Å². The number of carbonyl (C=O) groups is 1. The Bertz CT molecular complexity index is 955. The van der Waals surface area contributed by atoms with Crippen LogP contribution >= 0.6 is 0 Å². The van der Waals surface area contributed by atoms with Crippen LogP contribution in [-0.4, -0.2) is 27.0 Å². The molecule has 0 fully saturated rings. The summed E-state index contributed by atoms with van der Waals surface area (Å²) >= 11 is 0. The number of hydrogen-bond donors (Lipinski definition) is 2. The van der Waals surface area contributed by atoms with Crippen LogP contribution in [0.1, 0.15) is 35.3 Å². The predicted octanol–water partition coefficient (Wildman–Crippen LogP) is 1.99. The Balaban J connectivity index is 1.74. The van der Waals surface area contributed by atoms with Crippen LogP contribution in [0.25, 0.3) is 0 Å². The third kappa shape index (κ3) is 4.40. The van der Waals surface area contributed by atoms with Crippen molar-refractivity contribution in [3.63, 3.8) is 0 Å². The SMILES string of the molecule is CCOc1cc2c(cc1CNC(=O)c1ccc(S(N)(=O)=O)cc1)O[C@@H](C)C2. The van der Waals surface area contributed by atoms with Crippen molar-refractivity contribution in [2.45, 2.75) is 37.8 Å². The maximum Gasteiger partial charge on any atom is 0.251 e. The first-order valence-corrected chi connectivity index (χ1v) is 10.2. The first-order chi connectivity index (χ1) is 12.8. The molecule has 3 N–H and O–H groups in total. The second-order valence-corrected chi connectivity index (χ2v) is 7.95. The van der Waals surface area contributed by atoms with Crippen LogP contribution in [0.3, 0.4) is 0 Å². The molecule has 27 heavy (non-hydrogen) atoms. The first kappa shape index (κ1) is 19.2. The molecular formula is C19H22N2O5S. The van der Waals surface area contributed by atoms with Gasteiger partial charge in [0.05, 0.1) is 11.5 Å². The van der Waals surface area contributed by atoms with E-state index in [1.54, 1.807) is 0 Å². The van der Waals surface area contributed by atoms with Crippen molar-refractivity contribution >= 4 is 15.9 Å². The van der Waals surface area contributed by atoms with Crippen LogP contribution in [0.5, 0.6) is 11.5 Å². The number of nitrogens with two attached hydrogens (primary N) is 1. The molecule has 7 nitrogen and oxygen atoms in total. The van der Waals surface area contributed by atoms with Crippen LogP contribution in [0, 0.1) is 0 Å². The summed E-state index contributed by atoms with van der Waals surface area (Å²) in [4.78, 5) is 12.3. The number of fused-ring (bicyclic) bond motifs is 1. The van der Waals surface area contributed by atoms with E-state index in [4.69, 9.17) is 14.6 Å². The highest BCUT2D eigenvalue weighted by Crippen LogP contribution is 2.35. The number of ether oxygens (including phenoxy) is 2. The van der Waals surface area contributed by atoms with Crippen LogP contribution in [0.4, 0.5) is 0 Å². The van der Waals surface area contributed by atoms with Crippen LogP contribution in [0.15, 0.2) is 41.3 Å². The molecule has 144 valence electrons. The highest BCUT2D eigenvalue weighted by atomic mass is 32.2. The highest BCUT2D eigenvalue weighted by molar-refractivity contribution is 7.89. The van der Waals surface area contributed by atoms with E-state index in [0.717, 1.165) is 29.0 Å².